The number of hydrogen-bond donors (Lipinski definition) is 1. The molecule has 3 amide bonds. The van der Waals surface area contributed by atoms with Crippen molar-refractivity contribution in [2.75, 3.05) is 25.5 Å². The first-order valence-corrected chi connectivity index (χ1v) is 9.29. The van der Waals surface area contributed by atoms with E-state index in [1.165, 1.54) is 7.05 Å². The van der Waals surface area contributed by atoms with Gasteiger partial charge in [-0.3, -0.25) is 24.3 Å². The number of amides is 3. The Morgan fingerprint density at radius 2 is 2.00 bits per heavy atom. The molecule has 9 nitrogen and oxygen atoms in total. The summed E-state index contributed by atoms with van der Waals surface area (Å²) in [6.45, 7) is 2.40. The maximum absolute atomic E-state index is 12.5. The van der Waals surface area contributed by atoms with Crippen LogP contribution in [0, 0.1) is 6.92 Å². The lowest BCUT2D eigenvalue weighted by atomic mass is 10.0. The zero-order valence-electron chi connectivity index (χ0n) is 16.2. The summed E-state index contributed by atoms with van der Waals surface area (Å²) >= 11 is 0. The first kappa shape index (κ1) is 18.7. The molecule has 0 bridgehead atoms. The Bertz CT molecular complexity index is 1030. The average molecular weight is 392 g/mol. The number of carbonyl (C=O) groups excluding carboxylic acids is 3. The van der Waals surface area contributed by atoms with Gasteiger partial charge in [-0.1, -0.05) is 0 Å². The summed E-state index contributed by atoms with van der Waals surface area (Å²) in [6, 6.07) is 3.50. The van der Waals surface area contributed by atoms with Crippen molar-refractivity contribution in [3.63, 3.8) is 0 Å². The quantitative estimate of drug-likeness (QED) is 0.777. The van der Waals surface area contributed by atoms with E-state index in [4.69, 9.17) is 0 Å². The van der Waals surface area contributed by atoms with E-state index in [1.54, 1.807) is 29.6 Å². The molecule has 4 heterocycles. The van der Waals surface area contributed by atoms with Crippen LogP contribution in [0.5, 0.6) is 0 Å². The molecule has 0 atom stereocenters. The number of aryl methyl sites for hydroxylation is 1. The van der Waals surface area contributed by atoms with E-state index >= 15 is 0 Å². The zero-order valence-corrected chi connectivity index (χ0v) is 16.2. The van der Waals surface area contributed by atoms with E-state index in [-0.39, 0.29) is 24.3 Å². The van der Waals surface area contributed by atoms with Gasteiger partial charge in [-0.05, 0) is 31.9 Å². The van der Waals surface area contributed by atoms with E-state index in [1.807, 2.05) is 13.0 Å². The Balaban J connectivity index is 1.44. The van der Waals surface area contributed by atoms with Gasteiger partial charge in [0.15, 0.2) is 0 Å². The Kier molecular flexibility index (Phi) is 4.79. The van der Waals surface area contributed by atoms with Gasteiger partial charge in [-0.25, -0.2) is 9.97 Å². The van der Waals surface area contributed by atoms with E-state index < -0.39 is 0 Å². The van der Waals surface area contributed by atoms with Crippen molar-refractivity contribution >= 4 is 23.5 Å². The lowest BCUT2D eigenvalue weighted by Gasteiger charge is -2.28. The topological polar surface area (TPSA) is 108 Å². The maximum atomic E-state index is 12.5. The van der Waals surface area contributed by atoms with Crippen molar-refractivity contribution in [3.8, 4) is 11.3 Å². The third kappa shape index (κ3) is 3.58. The first-order valence-electron chi connectivity index (χ1n) is 9.29. The minimum Gasteiger partial charge on any atom is -0.357 e. The van der Waals surface area contributed by atoms with Crippen LogP contribution in [-0.2, 0) is 14.4 Å². The largest absolute Gasteiger partial charge is 0.357 e. The molecule has 0 spiro atoms. The number of aromatic nitrogens is 3. The third-order valence-corrected chi connectivity index (χ3v) is 4.94. The van der Waals surface area contributed by atoms with Crippen LogP contribution in [0.2, 0.25) is 0 Å². The number of hydrogen-bond acceptors (Lipinski definition) is 7. The summed E-state index contributed by atoms with van der Waals surface area (Å²) in [5.41, 5.74) is 3.15. The van der Waals surface area contributed by atoms with Gasteiger partial charge in [0, 0.05) is 37.1 Å². The Labute approximate surface area is 167 Å². The normalized spacial score (nSPS) is 16.3. The smallest absolute Gasteiger partial charge is 0.277 e. The molecule has 148 valence electrons. The van der Waals surface area contributed by atoms with Gasteiger partial charge in [0.2, 0.25) is 5.91 Å². The maximum Gasteiger partial charge on any atom is 0.277 e. The van der Waals surface area contributed by atoms with E-state index in [2.05, 4.69) is 20.3 Å². The minimum atomic E-state index is -0.348. The second kappa shape index (κ2) is 7.42. The molecule has 2 aliphatic heterocycles. The van der Waals surface area contributed by atoms with Gasteiger partial charge in [0.1, 0.15) is 11.5 Å². The van der Waals surface area contributed by atoms with Crippen molar-refractivity contribution in [2.24, 2.45) is 0 Å². The molecule has 0 fully saturated rings. The number of carbonyl (C=O) groups is 3. The molecular formula is C20H20N6O3. The standard InChI is InChI=1S/C20H20N6O3/c1-12-8-21-10-15(23-12)13-5-6-16(22-9-13)24-17(27)11-26-7-3-4-14-18(26)20(29)25(2)19(14)28/h5-6,8-10H,3-4,7,11H2,1-2H3,(H,22,24,27). The van der Waals surface area contributed by atoms with Gasteiger partial charge in [0.05, 0.1) is 24.1 Å². The third-order valence-electron chi connectivity index (χ3n) is 4.94. The molecule has 9 heteroatoms. The molecule has 29 heavy (non-hydrogen) atoms. The van der Waals surface area contributed by atoms with Crippen molar-refractivity contribution in [2.45, 2.75) is 19.8 Å². The molecule has 2 aromatic rings. The Morgan fingerprint density at radius 1 is 1.17 bits per heavy atom. The molecule has 0 aromatic carbocycles. The van der Waals surface area contributed by atoms with Crippen molar-refractivity contribution in [1.29, 1.82) is 0 Å². The lowest BCUT2D eigenvalue weighted by molar-refractivity contribution is -0.136. The minimum absolute atomic E-state index is 0.0154. The number of rotatable bonds is 4. The van der Waals surface area contributed by atoms with Crippen LogP contribution < -0.4 is 5.32 Å². The summed E-state index contributed by atoms with van der Waals surface area (Å²) in [5, 5.41) is 2.74. The van der Waals surface area contributed by atoms with Crippen LogP contribution in [0.25, 0.3) is 11.3 Å². The van der Waals surface area contributed by atoms with Crippen LogP contribution in [0.1, 0.15) is 18.5 Å². The molecule has 0 aliphatic carbocycles. The fourth-order valence-electron chi connectivity index (χ4n) is 3.53. The van der Waals surface area contributed by atoms with Crippen molar-refractivity contribution in [1.82, 2.24) is 24.8 Å². The van der Waals surface area contributed by atoms with Crippen LogP contribution in [0.15, 0.2) is 42.0 Å². The molecule has 1 N–H and O–H groups in total. The van der Waals surface area contributed by atoms with E-state index in [9.17, 15) is 14.4 Å². The highest BCUT2D eigenvalue weighted by Crippen LogP contribution is 2.30. The van der Waals surface area contributed by atoms with E-state index in [0.717, 1.165) is 22.6 Å². The second-order valence-electron chi connectivity index (χ2n) is 7.05. The number of nitrogens with one attached hydrogen (secondary N) is 1. The zero-order chi connectivity index (χ0) is 20.5. The van der Waals surface area contributed by atoms with Crippen LogP contribution in [0.4, 0.5) is 5.82 Å². The molecule has 0 saturated carbocycles. The SMILES string of the molecule is Cc1cncc(-c2ccc(NC(=O)CN3CCCC4=C3C(=O)N(C)C4=O)nc2)n1. The summed E-state index contributed by atoms with van der Waals surface area (Å²) in [7, 11) is 1.46. The molecular weight excluding hydrogens is 372 g/mol. The molecule has 0 radical (unpaired) electrons. The van der Waals surface area contributed by atoms with Gasteiger partial charge in [-0.2, -0.15) is 0 Å². The number of anilines is 1. The molecule has 0 unspecified atom stereocenters. The predicted octanol–water partition coefficient (Wildman–Crippen LogP) is 1.13. The van der Waals surface area contributed by atoms with Crippen molar-refractivity contribution in [3.05, 3.63) is 47.7 Å². The number of imide groups is 1. The highest BCUT2D eigenvalue weighted by molar-refractivity contribution is 6.19. The summed E-state index contributed by atoms with van der Waals surface area (Å²) < 4.78 is 0. The fourth-order valence-corrected chi connectivity index (χ4v) is 3.53. The van der Waals surface area contributed by atoms with E-state index in [0.29, 0.717) is 35.7 Å². The molecule has 2 aromatic heterocycles. The number of nitrogens with zero attached hydrogens (tertiary/aromatic N) is 5. The monoisotopic (exact) mass is 392 g/mol. The summed E-state index contributed by atoms with van der Waals surface area (Å²) in [6.07, 6.45) is 6.24. The fraction of sp³-hybridized carbons (Fsp3) is 0.300. The molecule has 0 saturated heterocycles. The Hall–Kier alpha value is -3.62. The highest BCUT2D eigenvalue weighted by atomic mass is 16.2. The number of pyridine rings is 1. The van der Waals surface area contributed by atoms with Gasteiger partial charge >= 0.3 is 0 Å². The lowest BCUT2D eigenvalue weighted by Crippen LogP contribution is -2.38. The van der Waals surface area contributed by atoms with Gasteiger partial charge in [-0.15, -0.1) is 0 Å². The molecule has 4 rings (SSSR count). The van der Waals surface area contributed by atoms with Crippen LogP contribution in [0.3, 0.4) is 0 Å². The predicted molar refractivity (Wildman–Crippen MR) is 104 cm³/mol. The van der Waals surface area contributed by atoms with Crippen molar-refractivity contribution < 1.29 is 14.4 Å². The number of likely N-dealkylation sites (N-methyl/N-ethyl adjacent to an activating group) is 1. The van der Waals surface area contributed by atoms with Gasteiger partial charge in [0.25, 0.3) is 11.8 Å². The van der Waals surface area contributed by atoms with Crippen LogP contribution in [-0.4, -0.2) is 62.6 Å². The average Bonchev–Trinajstić information content (AvgIpc) is 2.93. The van der Waals surface area contributed by atoms with Gasteiger partial charge < -0.3 is 10.2 Å². The molecule has 2 aliphatic rings. The summed E-state index contributed by atoms with van der Waals surface area (Å²) in [5.74, 6) is -0.522. The van der Waals surface area contributed by atoms with Crippen LogP contribution >= 0.6 is 0 Å². The second-order valence-corrected chi connectivity index (χ2v) is 7.05. The summed E-state index contributed by atoms with van der Waals surface area (Å²) in [4.78, 5) is 52.5. The highest BCUT2D eigenvalue weighted by Gasteiger charge is 2.40. The Morgan fingerprint density at radius 3 is 2.72 bits per heavy atom. The first-order chi connectivity index (χ1) is 13.9.